The fourth-order valence-electron chi connectivity index (χ4n) is 4.93. The smallest absolute Gasteiger partial charge is 0.343 e. The van der Waals surface area contributed by atoms with E-state index in [0.717, 1.165) is 31.5 Å². The van der Waals surface area contributed by atoms with Crippen molar-refractivity contribution in [3.8, 4) is 11.8 Å². The molecular weight excluding hydrogens is 456 g/mol. The molecule has 8 nitrogen and oxygen atoms in total. The van der Waals surface area contributed by atoms with Gasteiger partial charge in [0.2, 0.25) is 0 Å². The lowest BCUT2D eigenvalue weighted by molar-refractivity contribution is -0.120. The minimum atomic E-state index is -0.606. The molecule has 1 saturated heterocycles. The first-order valence-electron chi connectivity index (χ1n) is 12.2. The van der Waals surface area contributed by atoms with Crippen molar-refractivity contribution in [2.45, 2.75) is 38.5 Å². The van der Waals surface area contributed by atoms with Gasteiger partial charge >= 0.3 is 5.63 Å². The molecule has 2 aromatic carbocycles. The second kappa shape index (κ2) is 11.6. The predicted octanol–water partition coefficient (Wildman–Crippen LogP) is 4.14. The summed E-state index contributed by atoms with van der Waals surface area (Å²) >= 11 is 0. The summed E-state index contributed by atoms with van der Waals surface area (Å²) in [7, 11) is 0. The number of hydrogen-bond donors (Lipinski definition) is 2. The molecule has 1 fully saturated rings. The first-order valence-corrected chi connectivity index (χ1v) is 12.2. The summed E-state index contributed by atoms with van der Waals surface area (Å²) in [6, 6.07) is 18.2. The number of amides is 1. The van der Waals surface area contributed by atoms with Gasteiger partial charge in [-0.25, -0.2) is 10.2 Å². The van der Waals surface area contributed by atoms with Crippen LogP contribution in [0, 0.1) is 17.2 Å². The van der Waals surface area contributed by atoms with E-state index >= 15 is 0 Å². The Hall–Kier alpha value is -3.96. The van der Waals surface area contributed by atoms with Gasteiger partial charge in [-0.15, -0.1) is 0 Å². The van der Waals surface area contributed by atoms with Crippen molar-refractivity contribution in [1.29, 1.82) is 5.26 Å². The van der Waals surface area contributed by atoms with Crippen molar-refractivity contribution in [2.75, 3.05) is 19.6 Å². The Labute approximate surface area is 209 Å². The molecule has 1 amide bonds. The molecule has 0 spiro atoms. The monoisotopic (exact) mass is 486 g/mol. The van der Waals surface area contributed by atoms with Gasteiger partial charge in [0.1, 0.15) is 17.8 Å². The zero-order valence-electron chi connectivity index (χ0n) is 20.3. The molecule has 8 heteroatoms. The summed E-state index contributed by atoms with van der Waals surface area (Å²) in [6.07, 6.45) is 3.04. The summed E-state index contributed by atoms with van der Waals surface area (Å²) < 4.78 is 5.65. The number of nitrogens with zero attached hydrogens (tertiary/aromatic N) is 3. The van der Waals surface area contributed by atoms with Crippen LogP contribution < -0.4 is 11.1 Å². The van der Waals surface area contributed by atoms with Crippen LogP contribution in [0.5, 0.6) is 5.75 Å². The highest BCUT2D eigenvalue weighted by Crippen LogP contribution is 2.39. The Morgan fingerprint density at radius 1 is 1.14 bits per heavy atom. The van der Waals surface area contributed by atoms with E-state index < -0.39 is 17.5 Å². The van der Waals surface area contributed by atoms with Crippen LogP contribution in [0.4, 0.5) is 0 Å². The maximum Gasteiger partial charge on any atom is 0.343 e. The number of likely N-dealkylation sites (tertiary alicyclic amines) is 1. The molecule has 1 aromatic heterocycles. The number of aromatic hydroxyl groups is 1. The highest BCUT2D eigenvalue weighted by molar-refractivity contribution is 5.89. The quantitative estimate of drug-likeness (QED) is 0.281. The largest absolute Gasteiger partial charge is 0.507 e. The highest BCUT2D eigenvalue weighted by atomic mass is 16.4. The zero-order chi connectivity index (χ0) is 25.5. The first kappa shape index (κ1) is 25.1. The van der Waals surface area contributed by atoms with Crippen LogP contribution in [-0.4, -0.2) is 41.3 Å². The average Bonchev–Trinajstić information content (AvgIpc) is 2.90. The molecule has 2 N–H and O–H groups in total. The van der Waals surface area contributed by atoms with Crippen LogP contribution in [0.2, 0.25) is 0 Å². The van der Waals surface area contributed by atoms with Gasteiger partial charge in [0, 0.05) is 24.1 Å². The Morgan fingerprint density at radius 3 is 2.56 bits per heavy atom. The number of carbonyl (C=O) groups excluding carboxylic acids is 1. The van der Waals surface area contributed by atoms with E-state index in [2.05, 4.69) is 15.4 Å². The number of hydrazone groups is 1. The van der Waals surface area contributed by atoms with Crippen molar-refractivity contribution in [3.05, 3.63) is 76.1 Å². The first-order chi connectivity index (χ1) is 17.5. The molecule has 0 bridgehead atoms. The standard InChI is InChI=1S/C28H30N4O4/c1-19(30-31-24(33)14-15-29)22(18-32-16-8-3-9-17-32)25(20-10-4-2-5-11-20)26-27(34)21-12-6-7-13-23(21)36-28(26)35/h2,4-7,10-13,22,25,34H,3,8-9,14,16-18H2,1H3,(H,31,33)/b30-19-/t22-,25+/m0/s1. The minimum absolute atomic E-state index is 0.110. The minimum Gasteiger partial charge on any atom is -0.507 e. The lowest BCUT2D eigenvalue weighted by atomic mass is 9.78. The number of para-hydroxylation sites is 1. The third-order valence-corrected chi connectivity index (χ3v) is 6.73. The SMILES string of the molecule is C/C(=N/NC(=O)CC#N)[C@H](CN1CCCCC1)[C@@H](c1ccccc1)c1c(O)c2ccccc2oc1=O. The lowest BCUT2D eigenvalue weighted by Gasteiger charge is -2.34. The van der Waals surface area contributed by atoms with Crippen LogP contribution in [0.15, 0.2) is 68.9 Å². The zero-order valence-corrected chi connectivity index (χ0v) is 20.3. The number of benzene rings is 2. The van der Waals surface area contributed by atoms with Crippen molar-refractivity contribution >= 4 is 22.6 Å². The fraction of sp³-hybridized carbons (Fsp3) is 0.357. The second-order valence-electron chi connectivity index (χ2n) is 9.13. The van der Waals surface area contributed by atoms with Crippen molar-refractivity contribution in [3.63, 3.8) is 0 Å². The number of fused-ring (bicyclic) bond motifs is 1. The Kier molecular flexibility index (Phi) is 8.13. The van der Waals surface area contributed by atoms with Crippen LogP contribution in [0.25, 0.3) is 11.0 Å². The molecule has 0 aliphatic carbocycles. The van der Waals surface area contributed by atoms with E-state index in [9.17, 15) is 14.7 Å². The topological polar surface area (TPSA) is 119 Å². The Bertz CT molecular complexity index is 1340. The van der Waals surface area contributed by atoms with E-state index in [4.69, 9.17) is 9.68 Å². The maximum atomic E-state index is 13.4. The van der Waals surface area contributed by atoms with Gasteiger partial charge in [-0.05, 0) is 50.6 Å². The van der Waals surface area contributed by atoms with Crippen LogP contribution >= 0.6 is 0 Å². The number of carbonyl (C=O) groups is 1. The molecule has 0 unspecified atom stereocenters. The Morgan fingerprint density at radius 2 is 1.83 bits per heavy atom. The molecule has 2 atom stereocenters. The van der Waals surface area contributed by atoms with E-state index in [1.165, 1.54) is 6.42 Å². The molecule has 3 aromatic rings. The summed E-state index contributed by atoms with van der Waals surface area (Å²) in [4.78, 5) is 27.7. The van der Waals surface area contributed by atoms with Crippen LogP contribution in [-0.2, 0) is 4.79 Å². The maximum absolute atomic E-state index is 13.4. The molecule has 1 aliphatic heterocycles. The summed E-state index contributed by atoms with van der Waals surface area (Å²) in [5, 5.41) is 25.0. The fourth-order valence-corrected chi connectivity index (χ4v) is 4.93. The Balaban J connectivity index is 1.87. The van der Waals surface area contributed by atoms with Gasteiger partial charge in [0.05, 0.1) is 17.0 Å². The van der Waals surface area contributed by atoms with E-state index in [-0.39, 0.29) is 23.7 Å². The number of nitriles is 1. The van der Waals surface area contributed by atoms with Gasteiger partial charge in [-0.2, -0.15) is 10.4 Å². The number of piperidine rings is 1. The third kappa shape index (κ3) is 5.64. The van der Waals surface area contributed by atoms with Gasteiger partial charge < -0.3 is 14.4 Å². The summed E-state index contributed by atoms with van der Waals surface area (Å²) in [6.45, 7) is 4.22. The highest BCUT2D eigenvalue weighted by Gasteiger charge is 2.35. The van der Waals surface area contributed by atoms with Gasteiger partial charge in [0.25, 0.3) is 5.91 Å². The second-order valence-corrected chi connectivity index (χ2v) is 9.13. The van der Waals surface area contributed by atoms with Crippen LogP contribution in [0.1, 0.15) is 49.7 Å². The number of nitrogens with one attached hydrogen (secondary N) is 1. The molecule has 0 radical (unpaired) electrons. The molecular formula is C28H30N4O4. The lowest BCUT2D eigenvalue weighted by Crippen LogP contribution is -2.40. The van der Waals surface area contributed by atoms with Crippen LogP contribution in [0.3, 0.4) is 0 Å². The van der Waals surface area contributed by atoms with Crippen molar-refractivity contribution < 1.29 is 14.3 Å². The molecule has 4 rings (SSSR count). The summed E-state index contributed by atoms with van der Waals surface area (Å²) in [5.74, 6) is -1.55. The summed E-state index contributed by atoms with van der Waals surface area (Å²) in [5.41, 5.74) is 3.76. The van der Waals surface area contributed by atoms with Gasteiger partial charge in [-0.3, -0.25) is 4.79 Å². The molecule has 1 aliphatic rings. The third-order valence-electron chi connectivity index (χ3n) is 6.73. The molecule has 2 heterocycles. The normalized spacial score (nSPS) is 16.3. The molecule has 0 saturated carbocycles. The molecule has 36 heavy (non-hydrogen) atoms. The number of rotatable bonds is 8. The van der Waals surface area contributed by atoms with Gasteiger partial charge in [0.15, 0.2) is 0 Å². The number of hydrogen-bond acceptors (Lipinski definition) is 7. The van der Waals surface area contributed by atoms with E-state index in [0.29, 0.717) is 23.2 Å². The molecule has 186 valence electrons. The van der Waals surface area contributed by atoms with Crippen molar-refractivity contribution in [2.24, 2.45) is 11.0 Å². The van der Waals surface area contributed by atoms with E-state index in [1.54, 1.807) is 31.2 Å². The van der Waals surface area contributed by atoms with E-state index in [1.807, 2.05) is 36.4 Å². The van der Waals surface area contributed by atoms with Crippen molar-refractivity contribution in [1.82, 2.24) is 10.3 Å². The van der Waals surface area contributed by atoms with Gasteiger partial charge in [-0.1, -0.05) is 48.9 Å². The average molecular weight is 487 g/mol. The predicted molar refractivity (Wildman–Crippen MR) is 138 cm³/mol.